The zero-order valence-electron chi connectivity index (χ0n) is 13.1. The largest absolute Gasteiger partial charge is 0.434 e. The van der Waals surface area contributed by atoms with Crippen molar-refractivity contribution in [3.8, 4) is 0 Å². The Bertz CT molecular complexity index is 584. The average Bonchev–Trinajstić information content (AvgIpc) is 2.98. The van der Waals surface area contributed by atoms with E-state index < -0.39 is 21.3 Å². The molecular formula is C14H22N2O5S2. The first-order chi connectivity index (χ1) is 11.0. The number of hydrogen-bond donors (Lipinski definition) is 1. The highest BCUT2D eigenvalue weighted by atomic mass is 32.2. The molecular weight excluding hydrogens is 340 g/mol. The minimum Gasteiger partial charge on any atom is -0.434 e. The first-order valence-corrected chi connectivity index (χ1v) is 9.89. The van der Waals surface area contributed by atoms with Crippen LogP contribution in [-0.4, -0.2) is 28.5 Å². The average molecular weight is 362 g/mol. The molecule has 1 heterocycles. The van der Waals surface area contributed by atoms with Crippen molar-refractivity contribution in [2.45, 2.75) is 57.1 Å². The van der Waals surface area contributed by atoms with Crippen molar-refractivity contribution in [3.63, 3.8) is 0 Å². The lowest BCUT2D eigenvalue weighted by Gasteiger charge is -2.08. The third kappa shape index (κ3) is 7.67. The predicted molar refractivity (Wildman–Crippen MR) is 87.4 cm³/mol. The Kier molecular flexibility index (Phi) is 8.97. The van der Waals surface area contributed by atoms with Gasteiger partial charge in [0.1, 0.15) is 5.69 Å². The van der Waals surface area contributed by atoms with Crippen LogP contribution >= 0.6 is 11.5 Å². The molecule has 0 spiro atoms. The SMILES string of the molecule is CCCCCCCCC=COC(=O)C(c1csnn1)S(=O)(=O)O. The van der Waals surface area contributed by atoms with Gasteiger partial charge in [-0.05, 0) is 30.5 Å². The summed E-state index contributed by atoms with van der Waals surface area (Å²) in [5, 5.41) is 2.92. The van der Waals surface area contributed by atoms with Gasteiger partial charge < -0.3 is 4.74 Å². The monoisotopic (exact) mass is 362 g/mol. The highest BCUT2D eigenvalue weighted by Crippen LogP contribution is 2.22. The Morgan fingerprint density at radius 2 is 2.04 bits per heavy atom. The topological polar surface area (TPSA) is 106 Å². The van der Waals surface area contributed by atoms with Gasteiger partial charge in [-0.15, -0.1) is 5.10 Å². The standard InChI is InChI=1S/C14H22N2O5S2/c1-2-3-4-5-6-7-8-9-10-21-14(17)13(23(18,19)20)12-11-22-16-15-12/h9-11,13H,2-8H2,1H3,(H,18,19,20). The zero-order valence-corrected chi connectivity index (χ0v) is 14.7. The summed E-state index contributed by atoms with van der Waals surface area (Å²) in [7, 11) is -4.65. The number of aromatic nitrogens is 2. The van der Waals surface area contributed by atoms with Crippen molar-refractivity contribution in [1.82, 2.24) is 9.59 Å². The van der Waals surface area contributed by atoms with Crippen molar-refractivity contribution in [1.29, 1.82) is 0 Å². The Morgan fingerprint density at radius 1 is 1.35 bits per heavy atom. The molecule has 1 aromatic heterocycles. The van der Waals surface area contributed by atoms with E-state index in [0.29, 0.717) is 0 Å². The van der Waals surface area contributed by atoms with Gasteiger partial charge in [-0.1, -0.05) is 43.5 Å². The molecule has 0 aromatic carbocycles. The molecule has 9 heteroatoms. The fourth-order valence-corrected chi connectivity index (χ4v) is 3.25. The number of allylic oxidation sites excluding steroid dienone is 1. The van der Waals surface area contributed by atoms with Crippen LogP contribution in [0.1, 0.15) is 62.8 Å². The number of rotatable bonds is 11. The van der Waals surface area contributed by atoms with E-state index >= 15 is 0 Å². The highest BCUT2D eigenvalue weighted by molar-refractivity contribution is 7.86. The van der Waals surface area contributed by atoms with Crippen LogP contribution < -0.4 is 0 Å². The number of nitrogens with zero attached hydrogens (tertiary/aromatic N) is 2. The summed E-state index contributed by atoms with van der Waals surface area (Å²) in [4.78, 5) is 11.8. The minimum atomic E-state index is -4.65. The molecule has 130 valence electrons. The molecule has 0 aliphatic rings. The summed E-state index contributed by atoms with van der Waals surface area (Å²) in [6.07, 6.45) is 10.5. The van der Waals surface area contributed by atoms with Crippen LogP contribution in [0.3, 0.4) is 0 Å². The number of unbranched alkanes of at least 4 members (excludes halogenated alkanes) is 6. The van der Waals surface area contributed by atoms with E-state index in [9.17, 15) is 13.2 Å². The second kappa shape index (κ2) is 10.5. The summed E-state index contributed by atoms with van der Waals surface area (Å²) in [5.74, 6) is -1.10. The molecule has 1 atom stereocenters. The Morgan fingerprint density at radius 3 is 2.65 bits per heavy atom. The van der Waals surface area contributed by atoms with Crippen LogP contribution in [0.4, 0.5) is 0 Å². The quantitative estimate of drug-likeness (QED) is 0.278. The van der Waals surface area contributed by atoms with Crippen molar-refractivity contribution in [2.24, 2.45) is 0 Å². The maximum absolute atomic E-state index is 11.8. The van der Waals surface area contributed by atoms with Crippen molar-refractivity contribution in [3.05, 3.63) is 23.4 Å². The van der Waals surface area contributed by atoms with Gasteiger partial charge in [0.15, 0.2) is 0 Å². The van der Waals surface area contributed by atoms with Crippen molar-refractivity contribution < 1.29 is 22.5 Å². The van der Waals surface area contributed by atoms with E-state index in [2.05, 4.69) is 16.5 Å². The molecule has 1 N–H and O–H groups in total. The number of hydrogen-bond acceptors (Lipinski definition) is 7. The second-order valence-electron chi connectivity index (χ2n) is 5.09. The van der Waals surface area contributed by atoms with Crippen molar-refractivity contribution >= 4 is 27.6 Å². The van der Waals surface area contributed by atoms with Gasteiger partial charge in [0, 0.05) is 5.38 Å². The second-order valence-corrected chi connectivity index (χ2v) is 7.20. The summed E-state index contributed by atoms with van der Waals surface area (Å²) in [6, 6.07) is 0. The van der Waals surface area contributed by atoms with Gasteiger partial charge >= 0.3 is 5.97 Å². The minimum absolute atomic E-state index is 0.146. The predicted octanol–water partition coefficient (Wildman–Crippen LogP) is 3.27. The molecule has 0 radical (unpaired) electrons. The molecule has 7 nitrogen and oxygen atoms in total. The number of ether oxygens (including phenoxy) is 1. The lowest BCUT2D eigenvalue weighted by atomic mass is 10.1. The Hall–Kier alpha value is -1.32. The maximum atomic E-state index is 11.8. The van der Waals surface area contributed by atoms with E-state index in [0.717, 1.165) is 37.1 Å². The number of carbonyl (C=O) groups excluding carboxylic acids is 1. The van der Waals surface area contributed by atoms with Gasteiger partial charge in [-0.25, -0.2) is 4.79 Å². The van der Waals surface area contributed by atoms with Crippen LogP contribution in [0, 0.1) is 0 Å². The van der Waals surface area contributed by atoms with Crippen LogP contribution in [-0.2, 0) is 19.6 Å². The van der Waals surface area contributed by atoms with Crippen LogP contribution in [0.5, 0.6) is 0 Å². The summed E-state index contributed by atoms with van der Waals surface area (Å²) >= 11 is 0.882. The fraction of sp³-hybridized carbons (Fsp3) is 0.643. The number of carbonyl (C=O) groups is 1. The molecule has 23 heavy (non-hydrogen) atoms. The molecule has 0 amide bonds. The fourth-order valence-electron chi connectivity index (χ4n) is 1.97. The van der Waals surface area contributed by atoms with Gasteiger partial charge in [0.05, 0.1) is 6.26 Å². The molecule has 0 aliphatic heterocycles. The lowest BCUT2D eigenvalue weighted by molar-refractivity contribution is -0.137. The molecule has 1 aromatic rings. The van der Waals surface area contributed by atoms with E-state index in [4.69, 9.17) is 9.29 Å². The normalized spacial score (nSPS) is 13.3. The molecule has 0 bridgehead atoms. The molecule has 0 fully saturated rings. The van der Waals surface area contributed by atoms with Gasteiger partial charge in [0.25, 0.3) is 10.1 Å². The van der Waals surface area contributed by atoms with Crippen LogP contribution in [0.15, 0.2) is 17.7 Å². The Labute approximate surface area is 140 Å². The molecule has 0 aliphatic carbocycles. The van der Waals surface area contributed by atoms with Crippen LogP contribution in [0.2, 0.25) is 0 Å². The Balaban J connectivity index is 2.38. The molecule has 0 saturated heterocycles. The summed E-state index contributed by atoms with van der Waals surface area (Å²) in [5.41, 5.74) is -0.146. The highest BCUT2D eigenvalue weighted by Gasteiger charge is 2.36. The first-order valence-electron chi connectivity index (χ1n) is 7.55. The van der Waals surface area contributed by atoms with E-state index in [1.165, 1.54) is 31.1 Å². The smallest absolute Gasteiger partial charge is 0.338 e. The third-order valence-electron chi connectivity index (χ3n) is 3.16. The van der Waals surface area contributed by atoms with E-state index in [-0.39, 0.29) is 5.69 Å². The molecule has 1 unspecified atom stereocenters. The summed E-state index contributed by atoms with van der Waals surface area (Å²) in [6.45, 7) is 2.17. The molecule has 1 rings (SSSR count). The maximum Gasteiger partial charge on any atom is 0.338 e. The zero-order chi connectivity index (χ0) is 17.1. The van der Waals surface area contributed by atoms with Crippen LogP contribution in [0.25, 0.3) is 0 Å². The molecule has 0 saturated carbocycles. The summed E-state index contributed by atoms with van der Waals surface area (Å²) < 4.78 is 40.0. The number of esters is 1. The lowest BCUT2D eigenvalue weighted by Crippen LogP contribution is -2.23. The first kappa shape index (κ1) is 19.7. The van der Waals surface area contributed by atoms with Gasteiger partial charge in [-0.3, -0.25) is 4.55 Å². The van der Waals surface area contributed by atoms with Crippen molar-refractivity contribution in [2.75, 3.05) is 0 Å². The van der Waals surface area contributed by atoms with Gasteiger partial charge in [0.2, 0.25) is 5.25 Å². The van der Waals surface area contributed by atoms with Gasteiger partial charge in [-0.2, -0.15) is 8.42 Å². The third-order valence-corrected chi connectivity index (χ3v) is 4.71. The van der Waals surface area contributed by atoms with E-state index in [1.54, 1.807) is 6.08 Å². The van der Waals surface area contributed by atoms with E-state index in [1.807, 2.05) is 0 Å².